The molecule has 0 aliphatic carbocycles. The molecule has 1 aromatic rings. The molecule has 1 N–H and O–H groups in total. The third kappa shape index (κ3) is 5.30. The van der Waals surface area contributed by atoms with Crippen molar-refractivity contribution in [1.82, 2.24) is 9.80 Å². The molecular formula is C34H47N3O5S. The topological polar surface area (TPSA) is 90.4 Å². The lowest BCUT2D eigenvalue weighted by Crippen LogP contribution is -2.58. The fraction of sp³-hybridized carbons (Fsp3) is 0.618. The summed E-state index contributed by atoms with van der Waals surface area (Å²) >= 11 is 1.59. The van der Waals surface area contributed by atoms with E-state index in [1.165, 1.54) is 0 Å². The van der Waals surface area contributed by atoms with Crippen LogP contribution in [-0.4, -0.2) is 87.1 Å². The third-order valence-electron chi connectivity index (χ3n) is 9.91. The quantitative estimate of drug-likeness (QED) is 0.290. The fourth-order valence-electron chi connectivity index (χ4n) is 7.55. The third-order valence-corrected chi connectivity index (χ3v) is 11.7. The Balaban J connectivity index is 1.60. The molecule has 0 saturated carbocycles. The first-order chi connectivity index (χ1) is 20.7. The molecule has 3 amide bonds. The number of ether oxygens (including phenoxy) is 1. The Hall–Kier alpha value is -2.78. The average molecular weight is 610 g/mol. The number of hydrogen-bond donors (Lipinski definition) is 1. The first-order valence-corrected chi connectivity index (χ1v) is 16.8. The lowest BCUT2D eigenvalue weighted by molar-refractivity contribution is -0.147. The molecule has 8 nitrogen and oxygen atoms in total. The van der Waals surface area contributed by atoms with Crippen LogP contribution >= 0.6 is 11.8 Å². The molecule has 2 fully saturated rings. The van der Waals surface area contributed by atoms with E-state index < -0.39 is 33.4 Å². The van der Waals surface area contributed by atoms with Gasteiger partial charge in [0.05, 0.1) is 35.8 Å². The predicted octanol–water partition coefficient (Wildman–Crippen LogP) is 4.67. The van der Waals surface area contributed by atoms with Crippen molar-refractivity contribution in [1.29, 1.82) is 0 Å². The van der Waals surface area contributed by atoms with Crippen molar-refractivity contribution < 1.29 is 24.2 Å². The van der Waals surface area contributed by atoms with E-state index in [0.717, 1.165) is 37.1 Å². The number of carbonyl (C=O) groups excluding carboxylic acids is 3. The Morgan fingerprint density at radius 3 is 2.35 bits per heavy atom. The highest BCUT2D eigenvalue weighted by Crippen LogP contribution is 2.66. The number of hydrogen-bond acceptors (Lipinski definition) is 6. The summed E-state index contributed by atoms with van der Waals surface area (Å²) in [7, 11) is 0. The van der Waals surface area contributed by atoms with Crippen LogP contribution in [0.3, 0.4) is 0 Å². The normalized spacial score (nSPS) is 31.4. The fourth-order valence-corrected chi connectivity index (χ4v) is 9.70. The maximum absolute atomic E-state index is 14.8. The number of rotatable bonds is 11. The molecule has 0 bridgehead atoms. The number of unbranched alkanes of at least 4 members (excludes halogenated alkanes) is 2. The van der Waals surface area contributed by atoms with E-state index in [-0.39, 0.29) is 30.2 Å². The molecule has 1 spiro atoms. The maximum atomic E-state index is 14.8. The monoisotopic (exact) mass is 609 g/mol. The van der Waals surface area contributed by atoms with Gasteiger partial charge in [-0.1, -0.05) is 64.3 Å². The van der Waals surface area contributed by atoms with Gasteiger partial charge in [0.15, 0.2) is 0 Å². The number of anilines is 1. The van der Waals surface area contributed by atoms with Crippen LogP contribution in [0.25, 0.3) is 0 Å². The van der Waals surface area contributed by atoms with Gasteiger partial charge in [0.1, 0.15) is 11.8 Å². The molecular weight excluding hydrogens is 562 g/mol. The van der Waals surface area contributed by atoms with Gasteiger partial charge < -0.3 is 24.5 Å². The molecule has 4 aliphatic heterocycles. The van der Waals surface area contributed by atoms with Crippen LogP contribution in [0.5, 0.6) is 5.75 Å². The van der Waals surface area contributed by atoms with Gasteiger partial charge in [0, 0.05) is 30.1 Å². The number of fused-ring (bicyclic) bond motifs is 2. The molecule has 0 aromatic heterocycles. The zero-order valence-corrected chi connectivity index (χ0v) is 27.0. The molecule has 4 aliphatic rings. The van der Waals surface area contributed by atoms with E-state index in [2.05, 4.69) is 19.1 Å². The van der Waals surface area contributed by atoms with E-state index in [1.807, 2.05) is 69.0 Å². The molecule has 1 aromatic carbocycles. The number of carbonyl (C=O) groups is 3. The smallest absolute Gasteiger partial charge is 0.247 e. The van der Waals surface area contributed by atoms with Gasteiger partial charge in [0.25, 0.3) is 0 Å². The number of aliphatic hydroxyl groups is 1. The van der Waals surface area contributed by atoms with Crippen molar-refractivity contribution in [2.75, 3.05) is 37.7 Å². The Bertz CT molecular complexity index is 1270. The summed E-state index contributed by atoms with van der Waals surface area (Å²) in [5.41, 5.74) is 0.745. The molecule has 7 atom stereocenters. The number of thioether (sulfide) groups is 1. The molecule has 43 heavy (non-hydrogen) atoms. The maximum Gasteiger partial charge on any atom is 0.247 e. The summed E-state index contributed by atoms with van der Waals surface area (Å²) in [5.74, 6) is -1.08. The van der Waals surface area contributed by atoms with Crippen LogP contribution in [-0.2, 0) is 14.4 Å². The number of amides is 3. The van der Waals surface area contributed by atoms with Crippen molar-refractivity contribution in [3.05, 3.63) is 48.6 Å². The molecule has 0 radical (unpaired) electrons. The second-order valence-electron chi connectivity index (χ2n) is 12.6. The summed E-state index contributed by atoms with van der Waals surface area (Å²) < 4.78 is 4.01. The average Bonchev–Trinajstić information content (AvgIpc) is 3.27. The SMILES string of the molecule is CCCCCN1CC=C[C@]23S[C@]4(C)C=CCN(c5ccc(OCC)cc5)C(=O)[C@@H]4[C@H]2C(=O)N([C@@H](CO)[C@@H](C)CC)C3C1=O. The van der Waals surface area contributed by atoms with Crippen LogP contribution in [0.2, 0.25) is 0 Å². The standard InChI is InChI=1S/C34H47N3O5S/c1-6-9-10-19-35-20-12-18-34-28(31(40)37(29(34)32(35)41)26(22-38)23(4)7-2)27-30(39)36(21-11-17-33(27,5)43-34)24-13-15-25(16-14-24)42-8-3/h11-18,23,26-29,38H,6-10,19-22H2,1-5H3/t23-,26-,27-,28-,29?,33+,34-/m0/s1. The second-order valence-corrected chi connectivity index (χ2v) is 14.3. The van der Waals surface area contributed by atoms with Gasteiger partial charge in [0.2, 0.25) is 17.7 Å². The van der Waals surface area contributed by atoms with Crippen molar-refractivity contribution in [2.24, 2.45) is 17.8 Å². The zero-order chi connectivity index (χ0) is 30.9. The van der Waals surface area contributed by atoms with Gasteiger partial charge in [-0.3, -0.25) is 14.4 Å². The number of likely N-dealkylation sites (tertiary alicyclic amines) is 1. The molecule has 2 saturated heterocycles. The van der Waals surface area contributed by atoms with Crippen LogP contribution in [0.1, 0.15) is 60.3 Å². The van der Waals surface area contributed by atoms with Crippen molar-refractivity contribution in [3.8, 4) is 5.75 Å². The van der Waals surface area contributed by atoms with E-state index in [9.17, 15) is 19.5 Å². The minimum atomic E-state index is -0.921. The number of benzene rings is 1. The van der Waals surface area contributed by atoms with E-state index >= 15 is 0 Å². The summed E-state index contributed by atoms with van der Waals surface area (Å²) in [6.45, 7) is 12.0. The van der Waals surface area contributed by atoms with Gasteiger partial charge in [-0.05, 0) is 50.5 Å². The first kappa shape index (κ1) is 31.6. The Kier molecular flexibility index (Phi) is 9.33. The summed E-state index contributed by atoms with van der Waals surface area (Å²) in [5, 5.41) is 10.6. The largest absolute Gasteiger partial charge is 0.494 e. The predicted molar refractivity (Wildman–Crippen MR) is 171 cm³/mol. The Morgan fingerprint density at radius 1 is 0.977 bits per heavy atom. The summed E-state index contributed by atoms with van der Waals surface area (Å²) in [6.07, 6.45) is 11.9. The van der Waals surface area contributed by atoms with Crippen molar-refractivity contribution in [2.45, 2.75) is 81.9 Å². The van der Waals surface area contributed by atoms with Crippen LogP contribution in [0, 0.1) is 17.8 Å². The lowest BCUT2D eigenvalue weighted by Gasteiger charge is -2.41. The Morgan fingerprint density at radius 2 is 1.70 bits per heavy atom. The van der Waals surface area contributed by atoms with E-state index in [0.29, 0.717) is 26.2 Å². The van der Waals surface area contributed by atoms with Crippen LogP contribution in [0.4, 0.5) is 5.69 Å². The van der Waals surface area contributed by atoms with Crippen molar-refractivity contribution >= 4 is 35.2 Å². The minimum absolute atomic E-state index is 0.0140. The van der Waals surface area contributed by atoms with Gasteiger partial charge in [-0.2, -0.15) is 0 Å². The molecule has 9 heteroatoms. The molecule has 1 unspecified atom stereocenters. The van der Waals surface area contributed by atoms with Gasteiger partial charge in [-0.25, -0.2) is 0 Å². The van der Waals surface area contributed by atoms with Crippen molar-refractivity contribution in [3.63, 3.8) is 0 Å². The van der Waals surface area contributed by atoms with E-state index in [4.69, 9.17) is 4.74 Å². The van der Waals surface area contributed by atoms with Gasteiger partial charge in [-0.15, -0.1) is 11.8 Å². The second kappa shape index (κ2) is 12.7. The van der Waals surface area contributed by atoms with Crippen LogP contribution in [0.15, 0.2) is 48.6 Å². The first-order valence-electron chi connectivity index (χ1n) is 16.0. The number of nitrogens with zero attached hydrogens (tertiary/aromatic N) is 3. The molecule has 4 heterocycles. The van der Waals surface area contributed by atoms with E-state index in [1.54, 1.807) is 21.6 Å². The number of aliphatic hydroxyl groups excluding tert-OH is 1. The van der Waals surface area contributed by atoms with Gasteiger partial charge >= 0.3 is 0 Å². The van der Waals surface area contributed by atoms with Crippen LogP contribution < -0.4 is 9.64 Å². The minimum Gasteiger partial charge on any atom is -0.494 e. The summed E-state index contributed by atoms with van der Waals surface area (Å²) in [4.78, 5) is 49.3. The highest BCUT2D eigenvalue weighted by Gasteiger charge is 2.74. The lowest BCUT2D eigenvalue weighted by atomic mass is 9.74. The Labute approximate surface area is 260 Å². The molecule has 234 valence electrons. The molecule has 5 rings (SSSR count). The zero-order valence-electron chi connectivity index (χ0n) is 26.2. The highest BCUT2D eigenvalue weighted by atomic mass is 32.2. The highest BCUT2D eigenvalue weighted by molar-refractivity contribution is 8.02. The summed E-state index contributed by atoms with van der Waals surface area (Å²) in [6, 6.07) is 6.20.